The highest BCUT2D eigenvalue weighted by molar-refractivity contribution is 6.32. The van der Waals surface area contributed by atoms with Gasteiger partial charge in [0.25, 0.3) is 0 Å². The van der Waals surface area contributed by atoms with E-state index < -0.39 is 17.7 Å². The summed E-state index contributed by atoms with van der Waals surface area (Å²) in [5.74, 6) is 0.128. The normalized spacial score (nSPS) is 12.0. The summed E-state index contributed by atoms with van der Waals surface area (Å²) in [4.78, 5) is 25.0. The molecule has 0 saturated heterocycles. The van der Waals surface area contributed by atoms with Crippen LogP contribution in [0.2, 0.25) is 5.02 Å². The lowest BCUT2D eigenvalue weighted by Crippen LogP contribution is -2.47. The molecule has 0 fully saturated rings. The first-order valence-electron chi connectivity index (χ1n) is 8.86. The van der Waals surface area contributed by atoms with E-state index in [1.54, 1.807) is 39.0 Å². The van der Waals surface area contributed by atoms with Gasteiger partial charge in [-0.25, -0.2) is 4.79 Å². The molecule has 0 unspecified atom stereocenters. The van der Waals surface area contributed by atoms with Crippen LogP contribution in [0.5, 0.6) is 5.75 Å². The van der Waals surface area contributed by atoms with Crippen molar-refractivity contribution in [1.29, 1.82) is 0 Å². The molecule has 1 atom stereocenters. The molecule has 0 saturated carbocycles. The number of amides is 2. The van der Waals surface area contributed by atoms with E-state index in [4.69, 9.17) is 21.1 Å². The fourth-order valence-electron chi connectivity index (χ4n) is 2.48. The number of rotatable bonds is 6. The first kappa shape index (κ1) is 21.6. The van der Waals surface area contributed by atoms with Crippen LogP contribution in [0.4, 0.5) is 10.5 Å². The molecular weight excluding hydrogens is 380 g/mol. The Labute approximate surface area is 170 Å². The van der Waals surface area contributed by atoms with Crippen molar-refractivity contribution in [3.63, 3.8) is 0 Å². The highest BCUT2D eigenvalue weighted by Crippen LogP contribution is 2.27. The molecule has 0 heterocycles. The van der Waals surface area contributed by atoms with Gasteiger partial charge in [0, 0.05) is 12.1 Å². The minimum atomic E-state index is -0.821. The Morgan fingerprint density at radius 1 is 1.11 bits per heavy atom. The summed E-state index contributed by atoms with van der Waals surface area (Å²) in [6, 6.07) is 13.5. The molecule has 0 aromatic heterocycles. The Kier molecular flexibility index (Phi) is 7.29. The number of hydrogen-bond acceptors (Lipinski definition) is 4. The van der Waals surface area contributed by atoms with Crippen LogP contribution in [-0.2, 0) is 16.0 Å². The van der Waals surface area contributed by atoms with Crippen LogP contribution in [0, 0.1) is 0 Å². The second-order valence-electron chi connectivity index (χ2n) is 7.23. The lowest BCUT2D eigenvalue weighted by molar-refractivity contribution is -0.118. The molecule has 150 valence electrons. The van der Waals surface area contributed by atoms with Gasteiger partial charge >= 0.3 is 6.09 Å². The number of methoxy groups -OCH3 is 1. The highest BCUT2D eigenvalue weighted by atomic mass is 35.5. The first-order chi connectivity index (χ1) is 13.2. The Morgan fingerprint density at radius 3 is 2.36 bits per heavy atom. The monoisotopic (exact) mass is 404 g/mol. The summed E-state index contributed by atoms with van der Waals surface area (Å²) in [5.41, 5.74) is 0.743. The number of nitrogens with one attached hydrogen (secondary N) is 2. The lowest BCUT2D eigenvalue weighted by Gasteiger charge is -2.23. The summed E-state index contributed by atoms with van der Waals surface area (Å²) < 4.78 is 10.4. The third-order valence-electron chi connectivity index (χ3n) is 3.71. The minimum absolute atomic E-state index is 0.315. The van der Waals surface area contributed by atoms with Gasteiger partial charge in [0.15, 0.2) is 0 Å². The van der Waals surface area contributed by atoms with Gasteiger partial charge in [-0.05, 0) is 44.5 Å². The van der Waals surface area contributed by atoms with E-state index in [0.29, 0.717) is 22.9 Å². The van der Waals surface area contributed by atoms with Gasteiger partial charge in [-0.15, -0.1) is 0 Å². The molecule has 2 aromatic carbocycles. The average molecular weight is 405 g/mol. The molecule has 2 N–H and O–H groups in total. The number of ether oxygens (including phenoxy) is 2. The highest BCUT2D eigenvalue weighted by Gasteiger charge is 2.25. The lowest BCUT2D eigenvalue weighted by atomic mass is 10.1. The van der Waals surface area contributed by atoms with E-state index in [2.05, 4.69) is 10.6 Å². The van der Waals surface area contributed by atoms with Crippen LogP contribution in [0.1, 0.15) is 26.3 Å². The summed E-state index contributed by atoms with van der Waals surface area (Å²) in [6.07, 6.45) is -0.341. The predicted molar refractivity (Wildman–Crippen MR) is 110 cm³/mol. The smallest absolute Gasteiger partial charge is 0.408 e. The molecule has 7 heteroatoms. The second kappa shape index (κ2) is 9.46. The van der Waals surface area contributed by atoms with E-state index in [1.807, 2.05) is 30.3 Å². The van der Waals surface area contributed by atoms with Crippen LogP contribution < -0.4 is 15.4 Å². The Balaban J connectivity index is 2.15. The zero-order valence-electron chi connectivity index (χ0n) is 16.4. The molecule has 0 aliphatic carbocycles. The van der Waals surface area contributed by atoms with Crippen molar-refractivity contribution in [2.24, 2.45) is 0 Å². The van der Waals surface area contributed by atoms with Crippen molar-refractivity contribution in [2.75, 3.05) is 12.4 Å². The van der Waals surface area contributed by atoms with Crippen molar-refractivity contribution in [1.82, 2.24) is 5.32 Å². The van der Waals surface area contributed by atoms with E-state index >= 15 is 0 Å². The van der Waals surface area contributed by atoms with E-state index in [0.717, 1.165) is 5.56 Å². The van der Waals surface area contributed by atoms with Crippen LogP contribution in [0.3, 0.4) is 0 Å². The Morgan fingerprint density at radius 2 is 1.79 bits per heavy atom. The standard InChI is InChI=1S/C21H25ClN2O4/c1-21(2,3)28-20(26)24-17(12-14-8-6-5-7-9-14)19(25)23-15-10-11-18(27-4)16(22)13-15/h5-11,13,17H,12H2,1-4H3,(H,23,25)(H,24,26)/t17-/m0/s1. The number of halogens is 1. The van der Waals surface area contributed by atoms with Crippen LogP contribution in [0.25, 0.3) is 0 Å². The molecule has 0 radical (unpaired) electrons. The topological polar surface area (TPSA) is 76.7 Å². The van der Waals surface area contributed by atoms with Gasteiger partial charge in [0.05, 0.1) is 12.1 Å². The molecule has 6 nitrogen and oxygen atoms in total. The van der Waals surface area contributed by atoms with Crippen molar-refractivity contribution in [3.8, 4) is 5.75 Å². The van der Waals surface area contributed by atoms with Crippen molar-refractivity contribution >= 4 is 29.3 Å². The SMILES string of the molecule is COc1ccc(NC(=O)[C@H](Cc2ccccc2)NC(=O)OC(C)(C)C)cc1Cl. The maximum atomic E-state index is 12.8. The zero-order valence-corrected chi connectivity index (χ0v) is 17.2. The van der Waals surface area contributed by atoms with Gasteiger partial charge < -0.3 is 20.1 Å². The molecule has 0 aliphatic heterocycles. The second-order valence-corrected chi connectivity index (χ2v) is 7.63. The van der Waals surface area contributed by atoms with Crippen LogP contribution in [0.15, 0.2) is 48.5 Å². The van der Waals surface area contributed by atoms with E-state index in [1.165, 1.54) is 7.11 Å². The summed E-state index contributed by atoms with van der Waals surface area (Å²) in [5, 5.41) is 5.80. The molecule has 0 aliphatic rings. The molecule has 2 rings (SSSR count). The van der Waals surface area contributed by atoms with Crippen molar-refractivity contribution in [2.45, 2.75) is 38.8 Å². The molecule has 28 heavy (non-hydrogen) atoms. The van der Waals surface area contributed by atoms with Gasteiger partial charge in [0.1, 0.15) is 17.4 Å². The fraction of sp³-hybridized carbons (Fsp3) is 0.333. The summed E-state index contributed by atoms with van der Waals surface area (Å²) in [7, 11) is 1.51. The molecular formula is C21H25ClN2O4. The van der Waals surface area contributed by atoms with Gasteiger partial charge in [0.2, 0.25) is 5.91 Å². The van der Waals surface area contributed by atoms with Crippen molar-refractivity contribution < 1.29 is 19.1 Å². The summed E-state index contributed by atoms with van der Waals surface area (Å²) in [6.45, 7) is 5.29. The van der Waals surface area contributed by atoms with Crippen LogP contribution in [-0.4, -0.2) is 30.8 Å². The third-order valence-corrected chi connectivity index (χ3v) is 4.00. The van der Waals surface area contributed by atoms with Gasteiger partial charge in [-0.3, -0.25) is 4.79 Å². The van der Waals surface area contributed by atoms with E-state index in [-0.39, 0.29) is 5.91 Å². The van der Waals surface area contributed by atoms with Gasteiger partial charge in [-0.2, -0.15) is 0 Å². The fourth-order valence-corrected chi connectivity index (χ4v) is 2.74. The zero-order chi connectivity index (χ0) is 20.7. The number of alkyl carbamates (subject to hydrolysis) is 1. The quantitative estimate of drug-likeness (QED) is 0.747. The number of hydrogen-bond donors (Lipinski definition) is 2. The third kappa shape index (κ3) is 6.78. The molecule has 0 spiro atoms. The van der Waals surface area contributed by atoms with Gasteiger partial charge in [-0.1, -0.05) is 41.9 Å². The number of carbonyl (C=O) groups excluding carboxylic acids is 2. The van der Waals surface area contributed by atoms with E-state index in [9.17, 15) is 9.59 Å². The molecule has 2 amide bonds. The first-order valence-corrected chi connectivity index (χ1v) is 9.23. The summed E-state index contributed by atoms with van der Waals surface area (Å²) >= 11 is 6.11. The Hall–Kier alpha value is -2.73. The van der Waals surface area contributed by atoms with Crippen molar-refractivity contribution in [3.05, 3.63) is 59.1 Å². The molecule has 0 bridgehead atoms. The number of carbonyl (C=O) groups is 2. The minimum Gasteiger partial charge on any atom is -0.495 e. The maximum Gasteiger partial charge on any atom is 0.408 e. The maximum absolute atomic E-state index is 12.8. The number of benzene rings is 2. The predicted octanol–water partition coefficient (Wildman–Crippen LogP) is 4.42. The largest absolute Gasteiger partial charge is 0.495 e. The molecule has 2 aromatic rings. The Bertz CT molecular complexity index is 819. The number of anilines is 1. The average Bonchev–Trinajstić information content (AvgIpc) is 2.60. The van der Waals surface area contributed by atoms with Crippen LogP contribution >= 0.6 is 11.6 Å².